The highest BCUT2D eigenvalue weighted by molar-refractivity contribution is 5.55. The number of fused-ring (bicyclic) bond motifs is 1. The Morgan fingerprint density at radius 2 is 2.05 bits per heavy atom. The van der Waals surface area contributed by atoms with Crippen LogP contribution in [0.5, 0.6) is 0 Å². The van der Waals surface area contributed by atoms with E-state index in [0.717, 1.165) is 6.61 Å². The highest BCUT2D eigenvalue weighted by atomic mass is 16.5. The number of benzene rings is 1. The molecule has 0 aromatic heterocycles. The Bertz CT molecular complexity index is 518. The van der Waals surface area contributed by atoms with Crippen LogP contribution in [0.4, 0.5) is 5.69 Å². The third-order valence-electron chi connectivity index (χ3n) is 5.86. The van der Waals surface area contributed by atoms with Gasteiger partial charge in [0.1, 0.15) is 0 Å². The molecular weight excluding hydrogens is 258 g/mol. The fourth-order valence-electron chi connectivity index (χ4n) is 4.60. The van der Waals surface area contributed by atoms with Crippen molar-refractivity contribution in [3.05, 3.63) is 29.3 Å². The average molecular weight is 285 g/mol. The zero-order valence-electron chi connectivity index (χ0n) is 13.2. The summed E-state index contributed by atoms with van der Waals surface area (Å²) >= 11 is 0. The third kappa shape index (κ3) is 2.59. The number of hydrogen-bond donors (Lipinski definition) is 1. The predicted octanol–water partition coefficient (Wildman–Crippen LogP) is 4.64. The van der Waals surface area contributed by atoms with E-state index in [0.29, 0.717) is 12.0 Å². The molecule has 2 atom stereocenters. The minimum atomic E-state index is 0.228. The molecule has 1 spiro atoms. The molecule has 0 amide bonds. The predicted molar refractivity (Wildman–Crippen MR) is 87.0 cm³/mol. The smallest absolute Gasteiger partial charge is 0.0688 e. The van der Waals surface area contributed by atoms with Crippen LogP contribution in [0.1, 0.15) is 68.9 Å². The van der Waals surface area contributed by atoms with Gasteiger partial charge in [0, 0.05) is 18.3 Å². The van der Waals surface area contributed by atoms with E-state index in [9.17, 15) is 0 Å². The third-order valence-corrected chi connectivity index (χ3v) is 5.86. The first-order valence-electron chi connectivity index (χ1n) is 8.77. The Balaban J connectivity index is 1.56. The first-order chi connectivity index (χ1) is 10.2. The summed E-state index contributed by atoms with van der Waals surface area (Å²) < 4.78 is 6.19. The van der Waals surface area contributed by atoms with E-state index in [1.54, 1.807) is 5.56 Å². The summed E-state index contributed by atoms with van der Waals surface area (Å²) in [5, 5.41) is 3.61. The van der Waals surface area contributed by atoms with Crippen molar-refractivity contribution in [2.75, 3.05) is 11.9 Å². The molecule has 1 saturated carbocycles. The lowest BCUT2D eigenvalue weighted by Gasteiger charge is -2.39. The number of ether oxygens (including phenoxy) is 1. The fraction of sp³-hybridized carbons (Fsp3) is 0.684. The lowest BCUT2D eigenvalue weighted by Crippen LogP contribution is -2.36. The maximum Gasteiger partial charge on any atom is 0.0688 e. The van der Waals surface area contributed by atoms with Gasteiger partial charge in [-0.15, -0.1) is 0 Å². The molecule has 4 rings (SSSR count). The van der Waals surface area contributed by atoms with Gasteiger partial charge in [0.15, 0.2) is 0 Å². The van der Waals surface area contributed by atoms with Crippen LogP contribution in [-0.4, -0.2) is 18.2 Å². The van der Waals surface area contributed by atoms with Crippen molar-refractivity contribution >= 4 is 5.69 Å². The van der Waals surface area contributed by atoms with Gasteiger partial charge in [-0.1, -0.05) is 25.0 Å². The highest BCUT2D eigenvalue weighted by Crippen LogP contribution is 2.45. The summed E-state index contributed by atoms with van der Waals surface area (Å²) in [4.78, 5) is 0. The molecule has 1 saturated heterocycles. The van der Waals surface area contributed by atoms with Crippen molar-refractivity contribution in [2.24, 2.45) is 0 Å². The SMILES string of the molecule is CC1CCc2cc(C3CCOC4(CCCC4)C3)ccc2N1. The van der Waals surface area contributed by atoms with Gasteiger partial charge in [-0.3, -0.25) is 0 Å². The zero-order chi connectivity index (χ0) is 14.3. The molecule has 1 N–H and O–H groups in total. The van der Waals surface area contributed by atoms with Crippen LogP contribution in [-0.2, 0) is 11.2 Å². The normalized spacial score (nSPS) is 30.9. The molecule has 3 aliphatic rings. The maximum absolute atomic E-state index is 6.19. The largest absolute Gasteiger partial charge is 0.382 e. The summed E-state index contributed by atoms with van der Waals surface area (Å²) in [7, 11) is 0. The quantitative estimate of drug-likeness (QED) is 0.811. The molecule has 1 aromatic rings. The van der Waals surface area contributed by atoms with Crippen molar-refractivity contribution in [2.45, 2.75) is 75.9 Å². The van der Waals surface area contributed by atoms with E-state index in [1.165, 1.54) is 62.6 Å². The van der Waals surface area contributed by atoms with Crippen molar-refractivity contribution in [1.82, 2.24) is 0 Å². The van der Waals surface area contributed by atoms with E-state index in [4.69, 9.17) is 4.74 Å². The molecule has 2 aliphatic heterocycles. The minimum absolute atomic E-state index is 0.228. The number of hydrogen-bond acceptors (Lipinski definition) is 2. The molecule has 21 heavy (non-hydrogen) atoms. The summed E-state index contributed by atoms with van der Waals surface area (Å²) in [5.74, 6) is 0.710. The van der Waals surface area contributed by atoms with Crippen LogP contribution in [0.15, 0.2) is 18.2 Å². The van der Waals surface area contributed by atoms with E-state index < -0.39 is 0 Å². The standard InChI is InChI=1S/C19H27NO/c1-14-4-5-16-12-15(6-7-18(16)20-14)17-8-11-21-19(13-17)9-2-3-10-19/h6-7,12,14,17,20H,2-5,8-11,13H2,1H3. The maximum atomic E-state index is 6.19. The lowest BCUT2D eigenvalue weighted by molar-refractivity contribution is -0.0804. The Kier molecular flexibility index (Phi) is 3.45. The van der Waals surface area contributed by atoms with Gasteiger partial charge in [-0.05, 0) is 68.6 Å². The van der Waals surface area contributed by atoms with Crippen LogP contribution < -0.4 is 5.32 Å². The van der Waals surface area contributed by atoms with Crippen molar-refractivity contribution < 1.29 is 4.74 Å². The Morgan fingerprint density at radius 1 is 1.19 bits per heavy atom. The molecule has 0 bridgehead atoms. The number of anilines is 1. The molecule has 1 aromatic carbocycles. The van der Waals surface area contributed by atoms with Gasteiger partial charge in [-0.2, -0.15) is 0 Å². The Morgan fingerprint density at radius 3 is 2.90 bits per heavy atom. The molecule has 2 unspecified atom stereocenters. The van der Waals surface area contributed by atoms with E-state index in [-0.39, 0.29) is 5.60 Å². The Hall–Kier alpha value is -1.02. The van der Waals surface area contributed by atoms with Crippen LogP contribution >= 0.6 is 0 Å². The monoisotopic (exact) mass is 285 g/mol. The molecule has 2 heteroatoms. The fourth-order valence-corrected chi connectivity index (χ4v) is 4.60. The van der Waals surface area contributed by atoms with Crippen LogP contribution in [0, 0.1) is 0 Å². The minimum Gasteiger partial charge on any atom is -0.382 e. The molecule has 2 fully saturated rings. The average Bonchev–Trinajstić information content (AvgIpc) is 2.94. The van der Waals surface area contributed by atoms with Crippen LogP contribution in [0.2, 0.25) is 0 Å². The second kappa shape index (κ2) is 5.31. The van der Waals surface area contributed by atoms with Gasteiger partial charge in [-0.25, -0.2) is 0 Å². The molecule has 2 nitrogen and oxygen atoms in total. The summed E-state index contributed by atoms with van der Waals surface area (Å²) in [6.07, 6.45) is 10.2. The van der Waals surface area contributed by atoms with Crippen molar-refractivity contribution in [3.8, 4) is 0 Å². The Labute approximate surface area is 128 Å². The lowest BCUT2D eigenvalue weighted by atomic mass is 9.80. The highest BCUT2D eigenvalue weighted by Gasteiger charge is 2.40. The summed E-state index contributed by atoms with van der Waals surface area (Å²) in [6, 6.07) is 7.78. The van der Waals surface area contributed by atoms with Crippen LogP contribution in [0.25, 0.3) is 0 Å². The van der Waals surface area contributed by atoms with Gasteiger partial charge in [0.2, 0.25) is 0 Å². The van der Waals surface area contributed by atoms with Gasteiger partial charge >= 0.3 is 0 Å². The second-order valence-corrected chi connectivity index (χ2v) is 7.43. The van der Waals surface area contributed by atoms with E-state index >= 15 is 0 Å². The molecule has 1 aliphatic carbocycles. The topological polar surface area (TPSA) is 21.3 Å². The molecule has 0 radical (unpaired) electrons. The number of aryl methyl sites for hydroxylation is 1. The van der Waals surface area contributed by atoms with Crippen molar-refractivity contribution in [1.29, 1.82) is 0 Å². The van der Waals surface area contributed by atoms with Gasteiger partial charge in [0.25, 0.3) is 0 Å². The molecule has 114 valence electrons. The van der Waals surface area contributed by atoms with Gasteiger partial charge in [0.05, 0.1) is 5.60 Å². The van der Waals surface area contributed by atoms with Crippen molar-refractivity contribution in [3.63, 3.8) is 0 Å². The van der Waals surface area contributed by atoms with E-state index in [1.807, 2.05) is 0 Å². The zero-order valence-corrected chi connectivity index (χ0v) is 13.2. The number of nitrogens with one attached hydrogen (secondary N) is 1. The second-order valence-electron chi connectivity index (χ2n) is 7.43. The first-order valence-corrected chi connectivity index (χ1v) is 8.77. The van der Waals surface area contributed by atoms with Crippen LogP contribution in [0.3, 0.4) is 0 Å². The summed E-state index contributed by atoms with van der Waals surface area (Å²) in [5.41, 5.74) is 4.67. The van der Waals surface area contributed by atoms with Gasteiger partial charge < -0.3 is 10.1 Å². The summed E-state index contributed by atoms with van der Waals surface area (Å²) in [6.45, 7) is 3.23. The first kappa shape index (κ1) is 13.6. The molecular formula is C19H27NO. The molecule has 2 heterocycles. The van der Waals surface area contributed by atoms with E-state index in [2.05, 4.69) is 30.4 Å². The number of rotatable bonds is 1.